The number of aromatic nitrogens is 1. The fourth-order valence-corrected chi connectivity index (χ4v) is 0.383. The summed E-state index contributed by atoms with van der Waals surface area (Å²) in [6.45, 7) is 0. The van der Waals surface area contributed by atoms with Crippen LogP contribution in [0, 0.1) is 5.21 Å². The minimum Gasteiger partial charge on any atom is -0.619 e. The predicted octanol–water partition coefficient (Wildman–Crippen LogP) is 1.48. The molecule has 0 bridgehead atoms. The quantitative estimate of drug-likeness (QED) is 0.510. The van der Waals surface area contributed by atoms with Crippen LogP contribution >= 0.6 is 34.0 Å². The van der Waals surface area contributed by atoms with Crippen LogP contribution in [0.3, 0.4) is 0 Å². The van der Waals surface area contributed by atoms with Crippen molar-refractivity contribution in [1.82, 2.24) is 0 Å². The second-order valence-electron chi connectivity index (χ2n) is 1.24. The molecule has 1 aromatic heterocycles. The fraction of sp³-hybridized carbons (Fsp3) is 0. The van der Waals surface area contributed by atoms with E-state index in [2.05, 4.69) is 0 Å². The van der Waals surface area contributed by atoms with Crippen molar-refractivity contribution in [2.24, 2.45) is 0 Å². The maximum absolute atomic E-state index is 10.2. The van der Waals surface area contributed by atoms with E-state index in [1.165, 1.54) is 12.4 Å². The lowest BCUT2D eigenvalue weighted by Gasteiger charge is -1.88. The minimum absolute atomic E-state index is 0. The lowest BCUT2D eigenvalue weighted by molar-refractivity contribution is -0.605. The molecule has 1 heterocycles. The molecular weight excluding hydrogens is 250 g/mol. The number of halogens is 2. The fourth-order valence-electron chi connectivity index (χ4n) is 0.383. The monoisotopic (exact) mass is 255 g/mol. The molecule has 1 aromatic rings. The van der Waals surface area contributed by atoms with E-state index in [-0.39, 0.29) is 34.0 Å². The Hall–Kier alpha value is -0.0900. The number of rotatable bonds is 0. The average molecular weight is 257 g/mol. The van der Waals surface area contributed by atoms with E-state index < -0.39 is 0 Å². The SMILES string of the molecule is Br.Br.[O-][n+]1ccccc1. The number of hydrogen-bond donors (Lipinski definition) is 0. The van der Waals surface area contributed by atoms with Crippen LogP contribution in [0.15, 0.2) is 30.6 Å². The molecular formula is C5H7Br2NO. The highest BCUT2D eigenvalue weighted by molar-refractivity contribution is 8.93. The summed E-state index contributed by atoms with van der Waals surface area (Å²) in [4.78, 5) is 0. The van der Waals surface area contributed by atoms with Crippen LogP contribution in [-0.4, -0.2) is 0 Å². The van der Waals surface area contributed by atoms with Gasteiger partial charge in [0.15, 0.2) is 12.4 Å². The largest absolute Gasteiger partial charge is 0.619 e. The molecule has 52 valence electrons. The predicted molar refractivity (Wildman–Crippen MR) is 46.0 cm³/mol. The van der Waals surface area contributed by atoms with Gasteiger partial charge in [-0.3, -0.25) is 0 Å². The first-order valence-corrected chi connectivity index (χ1v) is 2.03. The topological polar surface area (TPSA) is 26.9 Å². The molecule has 2 nitrogen and oxygen atoms in total. The van der Waals surface area contributed by atoms with E-state index in [4.69, 9.17) is 0 Å². The number of pyridine rings is 1. The first-order valence-electron chi connectivity index (χ1n) is 2.03. The molecule has 0 fully saturated rings. The van der Waals surface area contributed by atoms with E-state index >= 15 is 0 Å². The summed E-state index contributed by atoms with van der Waals surface area (Å²) in [6.07, 6.45) is 2.89. The summed E-state index contributed by atoms with van der Waals surface area (Å²) in [5, 5.41) is 10.2. The van der Waals surface area contributed by atoms with Gasteiger partial charge in [-0.2, -0.15) is 4.73 Å². The zero-order chi connectivity index (χ0) is 5.11. The Morgan fingerprint density at radius 1 is 0.889 bits per heavy atom. The molecule has 0 radical (unpaired) electrons. The van der Waals surface area contributed by atoms with Crippen LogP contribution < -0.4 is 4.73 Å². The normalized spacial score (nSPS) is 6.67. The van der Waals surface area contributed by atoms with Crippen LogP contribution in [0.1, 0.15) is 0 Å². The lowest BCUT2D eigenvalue weighted by atomic mass is 10.5. The Morgan fingerprint density at radius 2 is 1.33 bits per heavy atom. The van der Waals surface area contributed by atoms with Crippen LogP contribution in [0.25, 0.3) is 0 Å². The minimum atomic E-state index is 0. The molecule has 0 aliphatic carbocycles. The summed E-state index contributed by atoms with van der Waals surface area (Å²) >= 11 is 0. The molecule has 0 N–H and O–H groups in total. The van der Waals surface area contributed by atoms with Crippen LogP contribution in [-0.2, 0) is 0 Å². The zero-order valence-electron chi connectivity index (χ0n) is 4.56. The first kappa shape index (κ1) is 11.7. The lowest BCUT2D eigenvalue weighted by Crippen LogP contribution is -2.22. The highest BCUT2D eigenvalue weighted by atomic mass is 79.9. The summed E-state index contributed by atoms with van der Waals surface area (Å²) in [5.41, 5.74) is 0. The van der Waals surface area contributed by atoms with Gasteiger partial charge in [0, 0.05) is 12.1 Å². The molecule has 4 heteroatoms. The van der Waals surface area contributed by atoms with Crippen molar-refractivity contribution in [3.05, 3.63) is 35.8 Å². The zero-order valence-corrected chi connectivity index (χ0v) is 7.98. The van der Waals surface area contributed by atoms with E-state index in [1.807, 2.05) is 0 Å². The Labute approximate surface area is 74.6 Å². The summed E-state index contributed by atoms with van der Waals surface area (Å²) in [6, 6.07) is 5.18. The summed E-state index contributed by atoms with van der Waals surface area (Å²) in [7, 11) is 0. The molecule has 0 aromatic carbocycles. The van der Waals surface area contributed by atoms with Gasteiger partial charge >= 0.3 is 0 Å². The van der Waals surface area contributed by atoms with Gasteiger partial charge in [-0.15, -0.1) is 34.0 Å². The van der Waals surface area contributed by atoms with Crippen LogP contribution in [0.4, 0.5) is 0 Å². The third kappa shape index (κ3) is 4.42. The first-order chi connectivity index (χ1) is 3.39. The average Bonchev–Trinajstić information content (AvgIpc) is 1.69. The molecule has 1 rings (SSSR count). The van der Waals surface area contributed by atoms with Gasteiger partial charge in [0.1, 0.15) is 0 Å². The summed E-state index contributed by atoms with van der Waals surface area (Å²) < 4.78 is 0.750. The van der Waals surface area contributed by atoms with E-state index in [0.29, 0.717) is 0 Å². The third-order valence-corrected chi connectivity index (χ3v) is 0.688. The third-order valence-electron chi connectivity index (χ3n) is 0.688. The summed E-state index contributed by atoms with van der Waals surface area (Å²) in [5.74, 6) is 0. The van der Waals surface area contributed by atoms with Crippen molar-refractivity contribution in [2.75, 3.05) is 0 Å². The van der Waals surface area contributed by atoms with Gasteiger partial charge < -0.3 is 5.21 Å². The van der Waals surface area contributed by atoms with E-state index in [9.17, 15) is 5.21 Å². The Bertz CT molecular complexity index is 145. The molecule has 0 spiro atoms. The van der Waals surface area contributed by atoms with Crippen LogP contribution in [0.5, 0.6) is 0 Å². The maximum Gasteiger partial charge on any atom is 0.180 e. The van der Waals surface area contributed by atoms with Crippen molar-refractivity contribution < 1.29 is 4.73 Å². The van der Waals surface area contributed by atoms with Gasteiger partial charge in [-0.05, 0) is 0 Å². The molecule has 0 saturated heterocycles. The van der Waals surface area contributed by atoms with E-state index in [1.54, 1.807) is 18.2 Å². The van der Waals surface area contributed by atoms with Gasteiger partial charge in [0.05, 0.1) is 0 Å². The highest BCUT2D eigenvalue weighted by Crippen LogP contribution is 1.72. The molecule has 0 aliphatic rings. The van der Waals surface area contributed by atoms with Crippen molar-refractivity contribution in [3.63, 3.8) is 0 Å². The Kier molecular flexibility index (Phi) is 7.83. The van der Waals surface area contributed by atoms with Crippen molar-refractivity contribution in [1.29, 1.82) is 0 Å². The second-order valence-corrected chi connectivity index (χ2v) is 1.24. The highest BCUT2D eigenvalue weighted by Gasteiger charge is 1.74. The van der Waals surface area contributed by atoms with Gasteiger partial charge in [0.25, 0.3) is 0 Å². The van der Waals surface area contributed by atoms with Crippen molar-refractivity contribution in [2.45, 2.75) is 0 Å². The Balaban J connectivity index is 0. The molecule has 0 saturated carbocycles. The van der Waals surface area contributed by atoms with E-state index in [0.717, 1.165) is 4.73 Å². The van der Waals surface area contributed by atoms with Gasteiger partial charge in [-0.1, -0.05) is 6.07 Å². The molecule has 0 amide bonds. The van der Waals surface area contributed by atoms with Crippen molar-refractivity contribution in [3.8, 4) is 0 Å². The molecule has 0 unspecified atom stereocenters. The molecule has 0 atom stereocenters. The number of hydrogen-bond acceptors (Lipinski definition) is 1. The van der Waals surface area contributed by atoms with Crippen molar-refractivity contribution >= 4 is 34.0 Å². The smallest absolute Gasteiger partial charge is 0.180 e. The molecule has 9 heavy (non-hydrogen) atoms. The maximum atomic E-state index is 10.2. The van der Waals surface area contributed by atoms with Gasteiger partial charge in [-0.25, -0.2) is 0 Å². The number of nitrogens with zero attached hydrogens (tertiary/aromatic N) is 1. The molecule has 0 aliphatic heterocycles. The standard InChI is InChI=1S/C5H5NO.2BrH/c7-6-4-2-1-3-5-6;;/h1-5H;2*1H. The van der Waals surface area contributed by atoms with Crippen LogP contribution in [0.2, 0.25) is 0 Å². The Morgan fingerprint density at radius 3 is 1.56 bits per heavy atom. The second kappa shape index (κ2) is 6.04. The van der Waals surface area contributed by atoms with Gasteiger partial charge in [0.2, 0.25) is 0 Å².